The lowest BCUT2D eigenvalue weighted by atomic mass is 9.98. The van der Waals surface area contributed by atoms with Crippen LogP contribution < -0.4 is 5.56 Å². The summed E-state index contributed by atoms with van der Waals surface area (Å²) in [6, 6.07) is 17.9. The molecule has 0 radical (unpaired) electrons. The van der Waals surface area contributed by atoms with E-state index in [1.165, 1.54) is 12.0 Å². The van der Waals surface area contributed by atoms with Crippen molar-refractivity contribution in [1.29, 1.82) is 0 Å². The third-order valence-electron chi connectivity index (χ3n) is 4.85. The van der Waals surface area contributed by atoms with E-state index < -0.39 is 0 Å². The van der Waals surface area contributed by atoms with Crippen molar-refractivity contribution in [3.63, 3.8) is 0 Å². The molecule has 132 valence electrons. The molecule has 0 spiro atoms. The van der Waals surface area contributed by atoms with E-state index in [1.54, 1.807) is 12.3 Å². The number of aromatic amines is 1. The van der Waals surface area contributed by atoms with Gasteiger partial charge in [-0.25, -0.2) is 4.98 Å². The van der Waals surface area contributed by atoms with Gasteiger partial charge in [-0.15, -0.1) is 0 Å². The fourth-order valence-electron chi connectivity index (χ4n) is 3.60. The van der Waals surface area contributed by atoms with Gasteiger partial charge < -0.3 is 4.98 Å². The highest BCUT2D eigenvalue weighted by molar-refractivity contribution is 5.48. The Morgan fingerprint density at radius 3 is 2.73 bits per heavy atom. The second-order valence-corrected chi connectivity index (χ2v) is 6.70. The summed E-state index contributed by atoms with van der Waals surface area (Å²) in [6.07, 6.45) is 5.07. The molecule has 0 unspecified atom stereocenters. The van der Waals surface area contributed by atoms with Crippen LogP contribution in [0.2, 0.25) is 0 Å². The van der Waals surface area contributed by atoms with Crippen LogP contribution in [-0.2, 0) is 6.54 Å². The number of likely N-dealkylation sites (tertiary alicyclic amines) is 1. The highest BCUT2D eigenvalue weighted by atomic mass is 16.1. The van der Waals surface area contributed by atoms with E-state index >= 15 is 0 Å². The van der Waals surface area contributed by atoms with Crippen molar-refractivity contribution in [3.8, 4) is 11.5 Å². The number of hydrogen-bond donors (Lipinski definition) is 1. The maximum atomic E-state index is 12.3. The molecule has 5 heteroatoms. The smallest absolute Gasteiger partial charge is 0.251 e. The van der Waals surface area contributed by atoms with Crippen LogP contribution in [0.25, 0.3) is 11.5 Å². The number of nitrogens with one attached hydrogen (secondary N) is 1. The van der Waals surface area contributed by atoms with Gasteiger partial charge in [0.15, 0.2) is 5.82 Å². The fourth-order valence-corrected chi connectivity index (χ4v) is 3.60. The Morgan fingerprint density at radius 1 is 1.08 bits per heavy atom. The number of benzene rings is 1. The maximum Gasteiger partial charge on any atom is 0.251 e. The number of piperidine rings is 1. The van der Waals surface area contributed by atoms with Crippen molar-refractivity contribution in [2.24, 2.45) is 0 Å². The fraction of sp³-hybridized carbons (Fsp3) is 0.286. The minimum atomic E-state index is -0.124. The van der Waals surface area contributed by atoms with Gasteiger partial charge in [0, 0.05) is 18.8 Å². The number of nitrogens with zero attached hydrogens (tertiary/aromatic N) is 3. The first-order valence-electron chi connectivity index (χ1n) is 9.10. The summed E-state index contributed by atoms with van der Waals surface area (Å²) in [5, 5.41) is 0. The van der Waals surface area contributed by atoms with Gasteiger partial charge in [0.2, 0.25) is 0 Å². The van der Waals surface area contributed by atoms with Gasteiger partial charge in [-0.05, 0) is 37.1 Å². The SMILES string of the molecule is O=c1cc([C@@H]2CCCCN2Cc2ccccc2)nc(-c2ccccn2)[nH]1. The van der Waals surface area contributed by atoms with Crippen LogP contribution in [0.15, 0.2) is 65.6 Å². The lowest BCUT2D eigenvalue weighted by molar-refractivity contribution is 0.137. The van der Waals surface area contributed by atoms with Crippen molar-refractivity contribution in [2.75, 3.05) is 6.54 Å². The number of aromatic nitrogens is 3. The van der Waals surface area contributed by atoms with Gasteiger partial charge in [0.1, 0.15) is 5.69 Å². The van der Waals surface area contributed by atoms with Crippen molar-refractivity contribution < 1.29 is 0 Å². The van der Waals surface area contributed by atoms with Crippen LogP contribution in [0.5, 0.6) is 0 Å². The predicted octanol–water partition coefficient (Wildman–Crippen LogP) is 3.56. The molecule has 1 aliphatic rings. The molecule has 1 aliphatic heterocycles. The van der Waals surface area contributed by atoms with E-state index in [-0.39, 0.29) is 11.6 Å². The summed E-state index contributed by atoms with van der Waals surface area (Å²) in [5.74, 6) is 0.540. The average Bonchev–Trinajstić information content (AvgIpc) is 2.69. The molecule has 1 aromatic carbocycles. The van der Waals surface area contributed by atoms with E-state index in [4.69, 9.17) is 4.98 Å². The van der Waals surface area contributed by atoms with Gasteiger partial charge in [-0.3, -0.25) is 14.7 Å². The topological polar surface area (TPSA) is 61.9 Å². The molecule has 1 saturated heterocycles. The normalized spacial score (nSPS) is 17.9. The third-order valence-corrected chi connectivity index (χ3v) is 4.85. The minimum Gasteiger partial charge on any atom is -0.305 e. The maximum absolute atomic E-state index is 12.3. The Balaban J connectivity index is 1.66. The molecule has 2 aromatic heterocycles. The predicted molar refractivity (Wildman–Crippen MR) is 102 cm³/mol. The molecule has 1 fully saturated rings. The second kappa shape index (κ2) is 7.62. The summed E-state index contributed by atoms with van der Waals surface area (Å²) >= 11 is 0. The third kappa shape index (κ3) is 3.73. The first-order valence-corrected chi connectivity index (χ1v) is 9.10. The Morgan fingerprint density at radius 2 is 1.92 bits per heavy atom. The molecule has 5 nitrogen and oxygen atoms in total. The molecule has 26 heavy (non-hydrogen) atoms. The lowest BCUT2D eigenvalue weighted by Crippen LogP contribution is -2.34. The van der Waals surface area contributed by atoms with Gasteiger partial charge in [0.25, 0.3) is 5.56 Å². The molecule has 0 bridgehead atoms. The van der Waals surface area contributed by atoms with Gasteiger partial charge >= 0.3 is 0 Å². The monoisotopic (exact) mass is 346 g/mol. The van der Waals surface area contributed by atoms with Crippen LogP contribution in [0.3, 0.4) is 0 Å². The van der Waals surface area contributed by atoms with Gasteiger partial charge in [-0.1, -0.05) is 42.8 Å². The van der Waals surface area contributed by atoms with Crippen LogP contribution in [0.1, 0.15) is 36.6 Å². The average molecular weight is 346 g/mol. The van der Waals surface area contributed by atoms with Gasteiger partial charge in [-0.2, -0.15) is 0 Å². The van der Waals surface area contributed by atoms with E-state index in [9.17, 15) is 4.79 Å². The summed E-state index contributed by atoms with van der Waals surface area (Å²) in [6.45, 7) is 1.89. The lowest BCUT2D eigenvalue weighted by Gasteiger charge is -2.35. The molecular weight excluding hydrogens is 324 g/mol. The molecule has 3 heterocycles. The Labute approximate surface area is 152 Å². The van der Waals surface area contributed by atoms with E-state index in [1.807, 2.05) is 24.3 Å². The summed E-state index contributed by atoms with van der Waals surface area (Å²) in [5.41, 5.74) is 2.69. The van der Waals surface area contributed by atoms with Crippen LogP contribution in [0.4, 0.5) is 0 Å². The molecule has 0 saturated carbocycles. The van der Waals surface area contributed by atoms with Crippen LogP contribution in [0, 0.1) is 0 Å². The highest BCUT2D eigenvalue weighted by Crippen LogP contribution is 2.31. The van der Waals surface area contributed by atoms with E-state index in [0.717, 1.165) is 31.6 Å². The Hall–Kier alpha value is -2.79. The first-order chi connectivity index (χ1) is 12.8. The van der Waals surface area contributed by atoms with Crippen molar-refractivity contribution in [3.05, 3.63) is 82.4 Å². The molecule has 4 rings (SSSR count). The molecular formula is C21H22N4O. The molecule has 3 aromatic rings. The van der Waals surface area contributed by atoms with E-state index in [0.29, 0.717) is 11.5 Å². The van der Waals surface area contributed by atoms with Crippen molar-refractivity contribution in [1.82, 2.24) is 19.9 Å². The van der Waals surface area contributed by atoms with E-state index in [2.05, 4.69) is 39.1 Å². The second-order valence-electron chi connectivity index (χ2n) is 6.70. The number of H-pyrrole nitrogens is 1. The number of rotatable bonds is 4. The molecule has 1 atom stereocenters. The zero-order valence-corrected chi connectivity index (χ0v) is 14.6. The summed E-state index contributed by atoms with van der Waals surface area (Å²) in [7, 11) is 0. The largest absolute Gasteiger partial charge is 0.305 e. The van der Waals surface area contributed by atoms with Crippen molar-refractivity contribution in [2.45, 2.75) is 31.8 Å². The number of hydrogen-bond acceptors (Lipinski definition) is 4. The van der Waals surface area contributed by atoms with Gasteiger partial charge in [0.05, 0.1) is 11.7 Å². The molecule has 0 aliphatic carbocycles. The summed E-state index contributed by atoms with van der Waals surface area (Å²) in [4.78, 5) is 26.6. The minimum absolute atomic E-state index is 0.124. The molecule has 0 amide bonds. The standard InChI is InChI=1S/C21H22N4O/c26-20-14-18(23-21(24-20)17-10-4-6-12-22-17)19-11-5-7-13-25(19)15-16-8-2-1-3-9-16/h1-4,6,8-10,12,14,19H,5,7,11,13,15H2,(H,23,24,26)/t19-/m0/s1. The Kier molecular flexibility index (Phi) is 4.88. The van der Waals surface area contributed by atoms with Crippen LogP contribution in [-0.4, -0.2) is 26.4 Å². The zero-order chi connectivity index (χ0) is 17.8. The number of pyridine rings is 1. The highest BCUT2D eigenvalue weighted by Gasteiger charge is 2.26. The van der Waals surface area contributed by atoms with Crippen LogP contribution >= 0.6 is 0 Å². The zero-order valence-electron chi connectivity index (χ0n) is 14.6. The molecule has 1 N–H and O–H groups in total. The van der Waals surface area contributed by atoms with Crippen molar-refractivity contribution >= 4 is 0 Å². The summed E-state index contributed by atoms with van der Waals surface area (Å²) < 4.78 is 0. The quantitative estimate of drug-likeness (QED) is 0.785. The Bertz CT molecular complexity index is 908. The first kappa shape index (κ1) is 16.7.